The van der Waals surface area contributed by atoms with Crippen LogP contribution in [0.2, 0.25) is 0 Å². The number of hydrogen-bond donors (Lipinski definition) is 2. The quantitative estimate of drug-likeness (QED) is 0.746. The van der Waals surface area contributed by atoms with Crippen LogP contribution in [0.15, 0.2) is 0 Å². The lowest BCUT2D eigenvalue weighted by Crippen LogP contribution is -2.27. The summed E-state index contributed by atoms with van der Waals surface area (Å²) in [5, 5.41) is 13.1. The fourth-order valence-corrected chi connectivity index (χ4v) is 1.71. The van der Waals surface area contributed by atoms with Gasteiger partial charge in [0.25, 0.3) is 0 Å². The van der Waals surface area contributed by atoms with E-state index in [0.717, 1.165) is 36.7 Å². The third-order valence-corrected chi connectivity index (χ3v) is 2.50. The molecule has 5 nitrogen and oxygen atoms in total. The molecule has 15 heavy (non-hydrogen) atoms. The second kappa shape index (κ2) is 5.02. The van der Waals surface area contributed by atoms with Crippen LogP contribution in [0, 0.1) is 6.92 Å². The van der Waals surface area contributed by atoms with Crippen molar-refractivity contribution >= 4 is 11.5 Å². The molecule has 0 radical (unpaired) electrons. The summed E-state index contributed by atoms with van der Waals surface area (Å²) in [6, 6.07) is 0. The molecule has 0 aliphatic rings. The van der Waals surface area contributed by atoms with Gasteiger partial charge in [-0.3, -0.25) is 4.68 Å². The SMILES string of the molecule is CCN(CCCO)c1c(N)c(C)nn1C. The number of aliphatic hydroxyl groups is 1. The number of aryl methyl sites for hydroxylation is 2. The predicted octanol–water partition coefficient (Wildman–Crippen LogP) is 0.519. The second-order valence-electron chi connectivity index (χ2n) is 3.60. The molecule has 0 aliphatic heterocycles. The molecule has 3 N–H and O–H groups in total. The first kappa shape index (κ1) is 11.8. The van der Waals surface area contributed by atoms with Gasteiger partial charge in [-0.15, -0.1) is 0 Å². The van der Waals surface area contributed by atoms with E-state index in [1.165, 1.54) is 0 Å². The van der Waals surface area contributed by atoms with Crippen LogP contribution in [0.25, 0.3) is 0 Å². The molecule has 0 saturated carbocycles. The van der Waals surface area contributed by atoms with Gasteiger partial charge in [-0.1, -0.05) is 0 Å². The Bertz CT molecular complexity index is 321. The van der Waals surface area contributed by atoms with Crippen LogP contribution in [0.5, 0.6) is 0 Å². The normalized spacial score (nSPS) is 10.7. The lowest BCUT2D eigenvalue weighted by molar-refractivity contribution is 0.289. The fourth-order valence-electron chi connectivity index (χ4n) is 1.71. The number of aromatic nitrogens is 2. The number of hydrogen-bond acceptors (Lipinski definition) is 4. The number of aliphatic hydroxyl groups excluding tert-OH is 1. The summed E-state index contributed by atoms with van der Waals surface area (Å²) in [7, 11) is 1.89. The largest absolute Gasteiger partial charge is 0.396 e. The van der Waals surface area contributed by atoms with Crippen molar-refractivity contribution in [3.63, 3.8) is 0 Å². The number of anilines is 2. The summed E-state index contributed by atoms with van der Waals surface area (Å²) in [6.45, 7) is 5.84. The van der Waals surface area contributed by atoms with Gasteiger partial charge in [0.2, 0.25) is 0 Å². The van der Waals surface area contributed by atoms with Gasteiger partial charge >= 0.3 is 0 Å². The minimum Gasteiger partial charge on any atom is -0.396 e. The van der Waals surface area contributed by atoms with Gasteiger partial charge in [0.1, 0.15) is 5.82 Å². The minimum atomic E-state index is 0.202. The Morgan fingerprint density at radius 3 is 2.60 bits per heavy atom. The van der Waals surface area contributed by atoms with E-state index in [1.54, 1.807) is 4.68 Å². The van der Waals surface area contributed by atoms with Crippen molar-refractivity contribution in [2.24, 2.45) is 7.05 Å². The van der Waals surface area contributed by atoms with Crippen molar-refractivity contribution in [3.05, 3.63) is 5.69 Å². The average molecular weight is 212 g/mol. The number of nitrogens with two attached hydrogens (primary N) is 1. The van der Waals surface area contributed by atoms with E-state index in [9.17, 15) is 0 Å². The van der Waals surface area contributed by atoms with E-state index in [0.29, 0.717) is 0 Å². The number of rotatable bonds is 5. The molecule has 0 saturated heterocycles. The first-order valence-electron chi connectivity index (χ1n) is 5.26. The van der Waals surface area contributed by atoms with Crippen LogP contribution >= 0.6 is 0 Å². The van der Waals surface area contributed by atoms with Crippen molar-refractivity contribution in [3.8, 4) is 0 Å². The smallest absolute Gasteiger partial charge is 0.150 e. The fraction of sp³-hybridized carbons (Fsp3) is 0.700. The topological polar surface area (TPSA) is 67.3 Å². The molecule has 1 heterocycles. The highest BCUT2D eigenvalue weighted by Crippen LogP contribution is 2.25. The minimum absolute atomic E-state index is 0.202. The van der Waals surface area contributed by atoms with Gasteiger partial charge in [-0.25, -0.2) is 0 Å². The zero-order chi connectivity index (χ0) is 11.4. The summed E-state index contributed by atoms with van der Waals surface area (Å²) < 4.78 is 1.80. The van der Waals surface area contributed by atoms with E-state index in [2.05, 4.69) is 16.9 Å². The molecular weight excluding hydrogens is 192 g/mol. The number of nitrogens with zero attached hydrogens (tertiary/aromatic N) is 3. The zero-order valence-corrected chi connectivity index (χ0v) is 9.69. The summed E-state index contributed by atoms with van der Waals surface area (Å²) in [6.07, 6.45) is 0.748. The molecule has 0 aliphatic carbocycles. The molecule has 0 unspecified atom stereocenters. The summed E-state index contributed by atoms with van der Waals surface area (Å²) in [5.74, 6) is 0.948. The summed E-state index contributed by atoms with van der Waals surface area (Å²) in [5.41, 5.74) is 7.55. The maximum absolute atomic E-state index is 8.82. The Morgan fingerprint density at radius 2 is 2.20 bits per heavy atom. The maximum atomic E-state index is 8.82. The molecule has 0 bridgehead atoms. The third-order valence-electron chi connectivity index (χ3n) is 2.50. The van der Waals surface area contributed by atoms with Gasteiger partial charge in [-0.2, -0.15) is 5.10 Å². The van der Waals surface area contributed by atoms with E-state index in [1.807, 2.05) is 14.0 Å². The molecule has 0 aromatic carbocycles. The van der Waals surface area contributed by atoms with Crippen molar-refractivity contribution in [2.75, 3.05) is 30.3 Å². The van der Waals surface area contributed by atoms with E-state index < -0.39 is 0 Å². The maximum Gasteiger partial charge on any atom is 0.150 e. The predicted molar refractivity (Wildman–Crippen MR) is 61.9 cm³/mol. The Balaban J connectivity index is 2.90. The van der Waals surface area contributed by atoms with Crippen LogP contribution in [-0.2, 0) is 7.05 Å². The van der Waals surface area contributed by atoms with Crippen molar-refractivity contribution in [2.45, 2.75) is 20.3 Å². The van der Waals surface area contributed by atoms with Crippen molar-refractivity contribution in [1.82, 2.24) is 9.78 Å². The van der Waals surface area contributed by atoms with Crippen molar-refractivity contribution < 1.29 is 5.11 Å². The lowest BCUT2D eigenvalue weighted by Gasteiger charge is -2.23. The Labute approximate surface area is 90.5 Å². The lowest BCUT2D eigenvalue weighted by atomic mass is 10.3. The van der Waals surface area contributed by atoms with Crippen LogP contribution in [-0.4, -0.2) is 34.6 Å². The van der Waals surface area contributed by atoms with Crippen LogP contribution in [0.3, 0.4) is 0 Å². The second-order valence-corrected chi connectivity index (χ2v) is 3.60. The zero-order valence-electron chi connectivity index (χ0n) is 9.69. The first-order valence-corrected chi connectivity index (χ1v) is 5.26. The molecule has 5 heteroatoms. The Kier molecular flexibility index (Phi) is 3.96. The highest BCUT2D eigenvalue weighted by molar-refractivity contribution is 5.66. The highest BCUT2D eigenvalue weighted by Gasteiger charge is 2.15. The monoisotopic (exact) mass is 212 g/mol. The molecule has 0 atom stereocenters. The van der Waals surface area contributed by atoms with Crippen molar-refractivity contribution in [1.29, 1.82) is 0 Å². The first-order chi connectivity index (χ1) is 7.11. The van der Waals surface area contributed by atoms with Gasteiger partial charge < -0.3 is 15.7 Å². The van der Waals surface area contributed by atoms with Crippen LogP contribution in [0.1, 0.15) is 19.0 Å². The molecule has 0 amide bonds. The van der Waals surface area contributed by atoms with Gasteiger partial charge in [-0.05, 0) is 20.3 Å². The highest BCUT2D eigenvalue weighted by atomic mass is 16.3. The molecule has 1 rings (SSSR count). The average Bonchev–Trinajstić information content (AvgIpc) is 2.45. The van der Waals surface area contributed by atoms with E-state index in [4.69, 9.17) is 10.8 Å². The molecule has 1 aromatic rings. The molecule has 0 spiro atoms. The Hall–Kier alpha value is -1.23. The molecular formula is C10H20N4O. The molecule has 1 aromatic heterocycles. The van der Waals surface area contributed by atoms with Gasteiger partial charge in [0, 0.05) is 26.7 Å². The van der Waals surface area contributed by atoms with E-state index >= 15 is 0 Å². The Morgan fingerprint density at radius 1 is 1.53 bits per heavy atom. The summed E-state index contributed by atoms with van der Waals surface area (Å²) in [4.78, 5) is 2.13. The third kappa shape index (κ3) is 2.41. The van der Waals surface area contributed by atoms with Gasteiger partial charge in [0.15, 0.2) is 0 Å². The van der Waals surface area contributed by atoms with E-state index in [-0.39, 0.29) is 6.61 Å². The summed E-state index contributed by atoms with van der Waals surface area (Å²) >= 11 is 0. The number of nitrogen functional groups attached to an aromatic ring is 1. The van der Waals surface area contributed by atoms with Gasteiger partial charge in [0.05, 0.1) is 11.4 Å². The molecule has 86 valence electrons. The molecule has 0 fully saturated rings. The standard InChI is InChI=1S/C10H20N4O/c1-4-14(6-5-7-15)10-9(11)8(2)12-13(10)3/h15H,4-7,11H2,1-3H3. The van der Waals surface area contributed by atoms with Crippen LogP contribution in [0.4, 0.5) is 11.5 Å². The van der Waals surface area contributed by atoms with Crippen LogP contribution < -0.4 is 10.6 Å².